The van der Waals surface area contributed by atoms with Crippen molar-refractivity contribution in [1.82, 2.24) is 0 Å². The number of halogens is 1. The van der Waals surface area contributed by atoms with Crippen LogP contribution in [-0.2, 0) is 21.6 Å². The molecule has 1 aliphatic rings. The molecule has 0 saturated heterocycles. The molecular weight excluding hydrogens is 263 g/mol. The highest BCUT2D eigenvalue weighted by Gasteiger charge is 2.54. The molecule has 2 rings (SSSR count). The lowest BCUT2D eigenvalue weighted by molar-refractivity contribution is -0.153. The summed E-state index contributed by atoms with van der Waals surface area (Å²) in [5.41, 5.74) is -0.983. The normalized spacial score (nSPS) is 23.3. The predicted molar refractivity (Wildman–Crippen MR) is 71.0 cm³/mol. The summed E-state index contributed by atoms with van der Waals surface area (Å²) < 4.78 is 23.7. The molecule has 0 aliphatic heterocycles. The van der Waals surface area contributed by atoms with E-state index in [1.807, 2.05) is 13.8 Å². The molecule has 0 spiro atoms. The van der Waals surface area contributed by atoms with Crippen LogP contribution in [0.4, 0.5) is 4.39 Å². The van der Waals surface area contributed by atoms with Gasteiger partial charge in [-0.25, -0.2) is 4.39 Å². The second-order valence-corrected chi connectivity index (χ2v) is 5.79. The Balaban J connectivity index is 2.64. The molecule has 0 amide bonds. The molecule has 0 heterocycles. The Morgan fingerprint density at radius 3 is 2.60 bits per heavy atom. The van der Waals surface area contributed by atoms with Crippen LogP contribution in [-0.4, -0.2) is 25.3 Å². The summed E-state index contributed by atoms with van der Waals surface area (Å²) in [6.07, 6.45) is 0.301. The Labute approximate surface area is 117 Å². The number of hydrogen-bond donors (Lipinski definition) is 1. The van der Waals surface area contributed by atoms with E-state index in [2.05, 4.69) is 4.74 Å². The molecule has 1 unspecified atom stereocenters. The van der Waals surface area contributed by atoms with Crippen LogP contribution in [0.2, 0.25) is 0 Å². The fraction of sp³-hybridized carbons (Fsp3) is 0.533. The molecule has 1 aliphatic carbocycles. The van der Waals surface area contributed by atoms with Gasteiger partial charge in [-0.3, -0.25) is 4.79 Å². The summed E-state index contributed by atoms with van der Waals surface area (Å²) in [6, 6.07) is 2.95. The van der Waals surface area contributed by atoms with Crippen molar-refractivity contribution < 1.29 is 23.8 Å². The first-order valence-corrected chi connectivity index (χ1v) is 6.42. The number of methoxy groups -OCH3 is 2. The third kappa shape index (κ3) is 1.97. The van der Waals surface area contributed by atoms with Crippen LogP contribution in [0.1, 0.15) is 31.4 Å². The van der Waals surface area contributed by atoms with Crippen LogP contribution in [0.5, 0.6) is 5.75 Å². The first kappa shape index (κ1) is 14.8. The van der Waals surface area contributed by atoms with Gasteiger partial charge in [-0.1, -0.05) is 19.9 Å². The Morgan fingerprint density at radius 2 is 2.05 bits per heavy atom. The average Bonchev–Trinajstić information content (AvgIpc) is 2.58. The minimum absolute atomic E-state index is 0.000483. The fourth-order valence-corrected chi connectivity index (χ4v) is 2.97. The molecule has 0 fully saturated rings. The van der Waals surface area contributed by atoms with E-state index < -0.39 is 22.8 Å². The van der Waals surface area contributed by atoms with Crippen LogP contribution in [0.3, 0.4) is 0 Å². The van der Waals surface area contributed by atoms with E-state index in [0.717, 1.165) is 5.56 Å². The predicted octanol–water partition coefficient (Wildman–Crippen LogP) is 2.17. The van der Waals surface area contributed by atoms with E-state index in [1.165, 1.54) is 20.3 Å². The van der Waals surface area contributed by atoms with Gasteiger partial charge < -0.3 is 14.6 Å². The Hall–Kier alpha value is -1.62. The van der Waals surface area contributed by atoms with Crippen molar-refractivity contribution in [2.75, 3.05) is 14.2 Å². The topological polar surface area (TPSA) is 55.8 Å². The number of carbonyl (C=O) groups excluding carboxylic acids is 1. The van der Waals surface area contributed by atoms with Crippen LogP contribution in [0.25, 0.3) is 0 Å². The fourth-order valence-electron chi connectivity index (χ4n) is 2.97. The maximum Gasteiger partial charge on any atom is 0.308 e. The van der Waals surface area contributed by atoms with Gasteiger partial charge in [-0.05, 0) is 18.1 Å². The van der Waals surface area contributed by atoms with E-state index >= 15 is 0 Å². The number of hydrogen-bond acceptors (Lipinski definition) is 4. The number of carbonyl (C=O) groups is 1. The second kappa shape index (κ2) is 4.74. The zero-order valence-electron chi connectivity index (χ0n) is 12.1. The minimum atomic E-state index is -1.51. The van der Waals surface area contributed by atoms with E-state index in [-0.39, 0.29) is 12.2 Å². The van der Waals surface area contributed by atoms with Gasteiger partial charge in [0.25, 0.3) is 0 Å². The van der Waals surface area contributed by atoms with Gasteiger partial charge in [-0.2, -0.15) is 0 Å². The molecule has 4 nitrogen and oxygen atoms in total. The maximum absolute atomic E-state index is 13.9. The van der Waals surface area contributed by atoms with Gasteiger partial charge in [0.2, 0.25) is 0 Å². The summed E-state index contributed by atoms with van der Waals surface area (Å²) in [5.74, 6) is -1.09. The lowest BCUT2D eigenvalue weighted by Crippen LogP contribution is -2.41. The monoisotopic (exact) mass is 282 g/mol. The molecule has 0 aromatic heterocycles. The van der Waals surface area contributed by atoms with Crippen LogP contribution >= 0.6 is 0 Å². The average molecular weight is 282 g/mol. The second-order valence-electron chi connectivity index (χ2n) is 5.79. The molecular formula is C15H19FO4. The molecule has 110 valence electrons. The first-order valence-electron chi connectivity index (χ1n) is 6.42. The maximum atomic E-state index is 13.9. The van der Waals surface area contributed by atoms with Gasteiger partial charge >= 0.3 is 5.97 Å². The van der Waals surface area contributed by atoms with E-state index in [1.54, 1.807) is 6.07 Å². The Bertz CT molecular complexity index is 553. The van der Waals surface area contributed by atoms with Crippen molar-refractivity contribution in [3.8, 4) is 5.75 Å². The van der Waals surface area contributed by atoms with Crippen molar-refractivity contribution in [3.05, 3.63) is 29.1 Å². The summed E-state index contributed by atoms with van der Waals surface area (Å²) in [7, 11) is 2.61. The summed E-state index contributed by atoms with van der Waals surface area (Å²) in [5, 5.41) is 11.1. The van der Waals surface area contributed by atoms with Crippen LogP contribution in [0.15, 0.2) is 12.1 Å². The number of rotatable bonds is 3. The number of fused-ring (bicyclic) bond motifs is 1. The summed E-state index contributed by atoms with van der Waals surface area (Å²) >= 11 is 0. The molecule has 0 saturated carbocycles. The van der Waals surface area contributed by atoms with Crippen molar-refractivity contribution in [3.63, 3.8) is 0 Å². The van der Waals surface area contributed by atoms with E-state index in [0.29, 0.717) is 12.0 Å². The molecule has 0 bridgehead atoms. The van der Waals surface area contributed by atoms with Gasteiger partial charge in [0, 0.05) is 11.0 Å². The van der Waals surface area contributed by atoms with Crippen molar-refractivity contribution in [1.29, 1.82) is 0 Å². The van der Waals surface area contributed by atoms with Crippen molar-refractivity contribution in [2.45, 2.75) is 32.3 Å². The summed E-state index contributed by atoms with van der Waals surface area (Å²) in [4.78, 5) is 11.6. The SMILES string of the molecule is COC(=O)CC1(O)c2c(ccc(F)c2OC)CC1(C)C. The lowest BCUT2D eigenvalue weighted by Gasteiger charge is -2.37. The third-order valence-electron chi connectivity index (χ3n) is 4.19. The standard InChI is InChI=1S/C15H19FO4/c1-14(2)7-9-5-6-10(16)13(20-4)12(9)15(14,18)8-11(17)19-3/h5-6,18H,7-8H2,1-4H3. The van der Waals surface area contributed by atoms with Gasteiger partial charge in [0.05, 0.1) is 20.6 Å². The first-order chi connectivity index (χ1) is 9.26. The number of esters is 1. The van der Waals surface area contributed by atoms with Crippen LogP contribution < -0.4 is 4.74 Å². The quantitative estimate of drug-likeness (QED) is 0.863. The van der Waals surface area contributed by atoms with Crippen molar-refractivity contribution in [2.24, 2.45) is 5.41 Å². The summed E-state index contributed by atoms with van der Waals surface area (Å²) in [6.45, 7) is 3.68. The third-order valence-corrected chi connectivity index (χ3v) is 4.19. The smallest absolute Gasteiger partial charge is 0.308 e. The molecule has 1 atom stereocenters. The van der Waals surface area contributed by atoms with E-state index in [4.69, 9.17) is 4.74 Å². The molecule has 1 aromatic rings. The molecule has 1 aromatic carbocycles. The number of ether oxygens (including phenoxy) is 2. The van der Waals surface area contributed by atoms with Gasteiger partial charge in [-0.15, -0.1) is 0 Å². The highest BCUT2D eigenvalue weighted by molar-refractivity contribution is 5.72. The zero-order valence-corrected chi connectivity index (χ0v) is 12.1. The van der Waals surface area contributed by atoms with Gasteiger partial charge in [0.15, 0.2) is 11.6 Å². The lowest BCUT2D eigenvalue weighted by atomic mass is 9.73. The zero-order chi connectivity index (χ0) is 15.1. The number of benzene rings is 1. The Morgan fingerprint density at radius 1 is 1.40 bits per heavy atom. The molecule has 20 heavy (non-hydrogen) atoms. The number of aliphatic hydroxyl groups is 1. The highest BCUT2D eigenvalue weighted by Crippen LogP contribution is 2.55. The minimum Gasteiger partial charge on any atom is -0.493 e. The highest BCUT2D eigenvalue weighted by atomic mass is 19.1. The largest absolute Gasteiger partial charge is 0.493 e. The van der Waals surface area contributed by atoms with Crippen LogP contribution in [0, 0.1) is 11.2 Å². The van der Waals surface area contributed by atoms with Gasteiger partial charge in [0.1, 0.15) is 5.60 Å². The molecule has 1 N–H and O–H groups in total. The Kier molecular flexibility index (Phi) is 3.50. The molecule has 5 heteroatoms. The molecule has 0 radical (unpaired) electrons. The van der Waals surface area contributed by atoms with Crippen molar-refractivity contribution >= 4 is 5.97 Å². The van der Waals surface area contributed by atoms with E-state index in [9.17, 15) is 14.3 Å².